The summed E-state index contributed by atoms with van der Waals surface area (Å²) in [4.78, 5) is 31.4. The number of fused-ring (bicyclic) bond motifs is 1. The predicted octanol–water partition coefficient (Wildman–Crippen LogP) is 3.48. The van der Waals surface area contributed by atoms with Gasteiger partial charge in [0.05, 0.1) is 5.56 Å². The number of nitrogens with one attached hydrogen (secondary N) is 2. The minimum atomic E-state index is -0.295. The van der Waals surface area contributed by atoms with Crippen molar-refractivity contribution < 1.29 is 9.32 Å². The topological polar surface area (TPSA) is 101 Å². The van der Waals surface area contributed by atoms with Gasteiger partial charge in [-0.2, -0.15) is 4.98 Å². The number of carbonyl (C=O) groups is 1. The summed E-state index contributed by atoms with van der Waals surface area (Å²) in [7, 11) is 0. The minimum absolute atomic E-state index is 0.136. The molecular formula is C21H17ClN4O3. The Kier molecular flexibility index (Phi) is 5.39. The van der Waals surface area contributed by atoms with Crippen molar-refractivity contribution in [3.05, 3.63) is 81.4 Å². The van der Waals surface area contributed by atoms with Crippen LogP contribution in [0.2, 0.25) is 5.02 Å². The molecule has 0 saturated heterocycles. The number of rotatable bonds is 6. The highest BCUT2D eigenvalue weighted by Crippen LogP contribution is 2.17. The molecule has 29 heavy (non-hydrogen) atoms. The molecule has 8 heteroatoms. The molecule has 4 rings (SSSR count). The van der Waals surface area contributed by atoms with Gasteiger partial charge in [0, 0.05) is 29.9 Å². The highest BCUT2D eigenvalue weighted by Gasteiger charge is 2.14. The highest BCUT2D eigenvalue weighted by molar-refractivity contribution is 6.30. The number of H-pyrrole nitrogens is 1. The Bertz CT molecular complexity index is 1210. The summed E-state index contributed by atoms with van der Waals surface area (Å²) in [6.07, 6.45) is 0.480. The molecule has 0 radical (unpaired) electrons. The first-order chi connectivity index (χ1) is 14.1. The van der Waals surface area contributed by atoms with Crippen LogP contribution >= 0.6 is 11.6 Å². The number of halogens is 1. The van der Waals surface area contributed by atoms with E-state index in [0.717, 1.165) is 16.5 Å². The number of benzene rings is 2. The molecule has 2 aromatic heterocycles. The maximum Gasteiger partial charge on any atom is 0.259 e. The maximum absolute atomic E-state index is 12.3. The molecule has 0 aliphatic rings. The number of nitrogens with zero attached hydrogens (tertiary/aromatic N) is 2. The van der Waals surface area contributed by atoms with Gasteiger partial charge in [0.2, 0.25) is 17.6 Å². The lowest BCUT2D eigenvalue weighted by molar-refractivity contribution is -0.121. The monoisotopic (exact) mass is 408 g/mol. The fraction of sp³-hybridized carbons (Fsp3) is 0.143. The summed E-state index contributed by atoms with van der Waals surface area (Å²) >= 11 is 5.84. The summed E-state index contributed by atoms with van der Waals surface area (Å²) in [6, 6.07) is 16.4. The zero-order valence-electron chi connectivity index (χ0n) is 15.3. The van der Waals surface area contributed by atoms with E-state index in [4.69, 9.17) is 16.1 Å². The van der Waals surface area contributed by atoms with Gasteiger partial charge in [-0.05, 0) is 35.2 Å². The fourth-order valence-corrected chi connectivity index (χ4v) is 3.02. The third kappa shape index (κ3) is 4.52. The van der Waals surface area contributed by atoms with Crippen LogP contribution in [0.4, 0.5) is 0 Å². The number of aryl methyl sites for hydroxylation is 1. The third-order valence-corrected chi connectivity index (χ3v) is 4.68. The van der Waals surface area contributed by atoms with Crippen LogP contribution in [0.3, 0.4) is 0 Å². The Balaban J connectivity index is 1.38. The number of pyridine rings is 1. The van der Waals surface area contributed by atoms with Crippen molar-refractivity contribution in [2.75, 3.05) is 0 Å². The Labute approximate surface area is 170 Å². The van der Waals surface area contributed by atoms with E-state index >= 15 is 0 Å². The fourth-order valence-electron chi connectivity index (χ4n) is 2.89. The molecule has 1 amide bonds. The minimum Gasteiger partial charge on any atom is -0.352 e. The van der Waals surface area contributed by atoms with Crippen LogP contribution in [0.5, 0.6) is 0 Å². The molecule has 0 aliphatic heterocycles. The largest absolute Gasteiger partial charge is 0.352 e. The van der Waals surface area contributed by atoms with E-state index in [2.05, 4.69) is 20.4 Å². The van der Waals surface area contributed by atoms with Crippen molar-refractivity contribution in [1.82, 2.24) is 20.4 Å². The summed E-state index contributed by atoms with van der Waals surface area (Å²) in [5.41, 5.74) is 1.73. The lowest BCUT2D eigenvalue weighted by Crippen LogP contribution is -2.23. The molecule has 7 nitrogen and oxygen atoms in total. The first-order valence-electron chi connectivity index (χ1n) is 9.05. The standard InChI is InChI=1S/C21H17ClN4O3/c22-15-7-5-13(6-8-15)12-23-18(27)9-10-19-25-20(26-29-19)16-11-14-3-1-2-4-17(14)24-21(16)28/h1-8,11H,9-10,12H2,(H,23,27)(H,24,28). The average molecular weight is 409 g/mol. The molecule has 146 valence electrons. The van der Waals surface area contributed by atoms with Gasteiger partial charge < -0.3 is 14.8 Å². The molecule has 0 spiro atoms. The lowest BCUT2D eigenvalue weighted by atomic mass is 10.1. The molecule has 4 aromatic rings. The number of aromatic nitrogens is 3. The zero-order valence-corrected chi connectivity index (χ0v) is 16.1. The Morgan fingerprint density at radius 1 is 1.14 bits per heavy atom. The number of hydrogen-bond acceptors (Lipinski definition) is 5. The SMILES string of the molecule is O=C(CCc1nc(-c2cc3ccccc3[nH]c2=O)no1)NCc1ccc(Cl)cc1. The maximum atomic E-state index is 12.3. The van der Waals surface area contributed by atoms with Crippen LogP contribution < -0.4 is 10.9 Å². The van der Waals surface area contributed by atoms with Crippen LogP contribution in [0, 0.1) is 0 Å². The molecular weight excluding hydrogens is 392 g/mol. The van der Waals surface area contributed by atoms with Crippen LogP contribution in [0.15, 0.2) is 63.9 Å². The normalized spacial score (nSPS) is 10.9. The molecule has 2 N–H and O–H groups in total. The smallest absolute Gasteiger partial charge is 0.259 e. The molecule has 0 unspecified atom stereocenters. The molecule has 0 saturated carbocycles. The van der Waals surface area contributed by atoms with Crippen molar-refractivity contribution >= 4 is 28.4 Å². The third-order valence-electron chi connectivity index (χ3n) is 4.43. The second-order valence-electron chi connectivity index (χ2n) is 6.51. The first-order valence-corrected chi connectivity index (χ1v) is 9.42. The van der Waals surface area contributed by atoms with Gasteiger partial charge >= 0.3 is 0 Å². The second kappa shape index (κ2) is 8.28. The van der Waals surface area contributed by atoms with E-state index in [1.54, 1.807) is 18.2 Å². The molecule has 2 aromatic carbocycles. The first kappa shape index (κ1) is 18.9. The summed E-state index contributed by atoms with van der Waals surface area (Å²) in [5, 5.41) is 8.23. The van der Waals surface area contributed by atoms with Crippen molar-refractivity contribution in [1.29, 1.82) is 0 Å². The zero-order chi connectivity index (χ0) is 20.2. The Morgan fingerprint density at radius 2 is 1.93 bits per heavy atom. The summed E-state index contributed by atoms with van der Waals surface area (Å²) < 4.78 is 5.20. The number of para-hydroxylation sites is 1. The summed E-state index contributed by atoms with van der Waals surface area (Å²) in [5.74, 6) is 0.367. The van der Waals surface area contributed by atoms with Gasteiger partial charge in [-0.15, -0.1) is 0 Å². The molecule has 0 fully saturated rings. The van der Waals surface area contributed by atoms with Crippen LogP contribution in [0.25, 0.3) is 22.3 Å². The Morgan fingerprint density at radius 3 is 2.76 bits per heavy atom. The number of aromatic amines is 1. The van der Waals surface area contributed by atoms with Gasteiger partial charge in [-0.3, -0.25) is 9.59 Å². The summed E-state index contributed by atoms with van der Waals surface area (Å²) in [6.45, 7) is 0.414. The highest BCUT2D eigenvalue weighted by atomic mass is 35.5. The lowest BCUT2D eigenvalue weighted by Gasteiger charge is -2.04. The number of hydrogen-bond donors (Lipinski definition) is 2. The van der Waals surface area contributed by atoms with Crippen molar-refractivity contribution in [2.45, 2.75) is 19.4 Å². The Hall–Kier alpha value is -3.45. The van der Waals surface area contributed by atoms with Gasteiger partial charge in [0.25, 0.3) is 5.56 Å². The van der Waals surface area contributed by atoms with Gasteiger partial charge in [0.1, 0.15) is 0 Å². The van der Waals surface area contributed by atoms with Crippen LogP contribution in [0.1, 0.15) is 17.9 Å². The van der Waals surface area contributed by atoms with Gasteiger partial charge in [-0.25, -0.2) is 0 Å². The van der Waals surface area contributed by atoms with Crippen molar-refractivity contribution in [3.63, 3.8) is 0 Å². The molecule has 2 heterocycles. The number of amides is 1. The van der Waals surface area contributed by atoms with E-state index in [1.807, 2.05) is 36.4 Å². The predicted molar refractivity (Wildman–Crippen MR) is 109 cm³/mol. The average Bonchev–Trinajstić information content (AvgIpc) is 3.20. The van der Waals surface area contributed by atoms with Crippen LogP contribution in [-0.4, -0.2) is 21.0 Å². The van der Waals surface area contributed by atoms with E-state index < -0.39 is 0 Å². The van der Waals surface area contributed by atoms with E-state index in [-0.39, 0.29) is 30.1 Å². The molecule has 0 bridgehead atoms. The van der Waals surface area contributed by atoms with Crippen molar-refractivity contribution in [2.24, 2.45) is 0 Å². The van der Waals surface area contributed by atoms with Crippen LogP contribution in [-0.2, 0) is 17.8 Å². The van der Waals surface area contributed by atoms with Gasteiger partial charge in [-0.1, -0.05) is 47.1 Å². The van der Waals surface area contributed by atoms with E-state index in [9.17, 15) is 9.59 Å². The quantitative estimate of drug-likeness (QED) is 0.508. The van der Waals surface area contributed by atoms with E-state index in [1.165, 1.54) is 0 Å². The van der Waals surface area contributed by atoms with Gasteiger partial charge in [0.15, 0.2) is 0 Å². The van der Waals surface area contributed by atoms with Crippen molar-refractivity contribution in [3.8, 4) is 11.4 Å². The second-order valence-corrected chi connectivity index (χ2v) is 6.95. The number of carbonyl (C=O) groups excluding carboxylic acids is 1. The van der Waals surface area contributed by atoms with E-state index in [0.29, 0.717) is 23.0 Å². The molecule has 0 aliphatic carbocycles. The molecule has 0 atom stereocenters.